The minimum Gasteiger partial charge on any atom is -0.378 e. The number of carbonyl (C=O) groups is 1. The maximum atomic E-state index is 12.4. The molecule has 0 radical (unpaired) electrons. The third-order valence-corrected chi connectivity index (χ3v) is 6.13. The van der Waals surface area contributed by atoms with Gasteiger partial charge in [-0.1, -0.05) is 30.3 Å². The summed E-state index contributed by atoms with van der Waals surface area (Å²) in [5.41, 5.74) is 2.12. The predicted molar refractivity (Wildman–Crippen MR) is 102 cm³/mol. The van der Waals surface area contributed by atoms with Gasteiger partial charge in [-0.25, -0.2) is 4.98 Å². The summed E-state index contributed by atoms with van der Waals surface area (Å²) in [6.45, 7) is 2.68. The fourth-order valence-corrected chi connectivity index (χ4v) is 4.64. The van der Waals surface area contributed by atoms with Crippen LogP contribution in [0.1, 0.15) is 4.88 Å². The van der Waals surface area contributed by atoms with Crippen molar-refractivity contribution in [3.63, 3.8) is 0 Å². The van der Waals surface area contributed by atoms with Crippen molar-refractivity contribution in [2.75, 3.05) is 26.3 Å². The van der Waals surface area contributed by atoms with Gasteiger partial charge in [0.1, 0.15) is 5.01 Å². The Morgan fingerprint density at radius 2 is 1.92 bits per heavy atom. The van der Waals surface area contributed by atoms with Crippen molar-refractivity contribution in [2.45, 2.75) is 6.42 Å². The Morgan fingerprint density at radius 1 is 1.12 bits per heavy atom. The molecule has 3 aromatic rings. The predicted octanol–water partition coefficient (Wildman–Crippen LogP) is 3.94. The van der Waals surface area contributed by atoms with Gasteiger partial charge in [0.2, 0.25) is 5.91 Å². The third-order valence-electron chi connectivity index (χ3n) is 4.13. The van der Waals surface area contributed by atoms with Crippen LogP contribution in [0.3, 0.4) is 0 Å². The number of aromatic nitrogens is 1. The van der Waals surface area contributed by atoms with Gasteiger partial charge in [-0.05, 0) is 12.1 Å². The lowest BCUT2D eigenvalue weighted by molar-refractivity contribution is -0.134. The number of hydrogen-bond acceptors (Lipinski definition) is 5. The highest BCUT2D eigenvalue weighted by Gasteiger charge is 2.18. The minimum atomic E-state index is 0.181. The minimum absolute atomic E-state index is 0.181. The second kappa shape index (κ2) is 7.47. The molecular weight excluding hydrogens is 352 g/mol. The molecule has 1 aliphatic rings. The molecule has 4 nitrogen and oxygen atoms in total. The van der Waals surface area contributed by atoms with E-state index in [-0.39, 0.29) is 5.91 Å². The van der Waals surface area contributed by atoms with Crippen LogP contribution in [0.15, 0.2) is 47.8 Å². The molecule has 0 N–H and O–H groups in total. The van der Waals surface area contributed by atoms with E-state index >= 15 is 0 Å². The number of carbonyl (C=O) groups excluding carboxylic acids is 1. The molecule has 1 fully saturated rings. The lowest BCUT2D eigenvalue weighted by Crippen LogP contribution is -2.41. The Labute approximate surface area is 154 Å². The van der Waals surface area contributed by atoms with Crippen molar-refractivity contribution in [3.05, 3.63) is 52.7 Å². The summed E-state index contributed by atoms with van der Waals surface area (Å²) >= 11 is 3.30. The summed E-state index contributed by atoms with van der Waals surface area (Å²) in [5.74, 6) is 0.181. The van der Waals surface area contributed by atoms with E-state index in [9.17, 15) is 4.79 Å². The Hall–Kier alpha value is -2.02. The Morgan fingerprint density at radius 3 is 2.72 bits per heavy atom. The van der Waals surface area contributed by atoms with Crippen molar-refractivity contribution in [3.8, 4) is 21.1 Å². The molecule has 1 saturated heterocycles. The van der Waals surface area contributed by atoms with Crippen LogP contribution in [0, 0.1) is 0 Å². The van der Waals surface area contributed by atoms with E-state index in [2.05, 4.69) is 23.6 Å². The average Bonchev–Trinajstić information content (AvgIpc) is 3.32. The highest BCUT2D eigenvalue weighted by Crippen LogP contribution is 2.33. The van der Waals surface area contributed by atoms with Gasteiger partial charge in [-0.15, -0.1) is 22.7 Å². The van der Waals surface area contributed by atoms with Gasteiger partial charge in [0.05, 0.1) is 30.2 Å². The Kier molecular flexibility index (Phi) is 4.92. The maximum Gasteiger partial charge on any atom is 0.227 e. The lowest BCUT2D eigenvalue weighted by atomic mass is 10.2. The Balaban J connectivity index is 1.46. The fraction of sp³-hybridized carbons (Fsp3) is 0.263. The molecule has 25 heavy (non-hydrogen) atoms. The summed E-state index contributed by atoms with van der Waals surface area (Å²) < 4.78 is 5.30. The SMILES string of the molecule is O=C(Cc1ccc(-c2csc(-c3ccccc3)n2)s1)N1CCOCC1. The smallest absolute Gasteiger partial charge is 0.227 e. The molecule has 3 heterocycles. The number of rotatable bonds is 4. The zero-order chi connectivity index (χ0) is 17.1. The van der Waals surface area contributed by atoms with Gasteiger partial charge in [0.25, 0.3) is 0 Å². The topological polar surface area (TPSA) is 42.4 Å². The number of benzene rings is 1. The maximum absolute atomic E-state index is 12.4. The van der Waals surface area contributed by atoms with Crippen LogP contribution in [-0.4, -0.2) is 42.1 Å². The quantitative estimate of drug-likeness (QED) is 0.699. The number of nitrogens with zero attached hydrogens (tertiary/aromatic N) is 2. The molecule has 1 aromatic carbocycles. The molecule has 0 bridgehead atoms. The molecule has 0 saturated carbocycles. The summed E-state index contributed by atoms with van der Waals surface area (Å²) in [6.07, 6.45) is 0.459. The number of amides is 1. The van der Waals surface area contributed by atoms with Crippen molar-refractivity contribution < 1.29 is 9.53 Å². The second-order valence-corrected chi connectivity index (χ2v) is 7.87. The molecule has 0 aliphatic carbocycles. The Bertz CT molecular complexity index is 851. The first-order valence-corrected chi connectivity index (χ1v) is 9.95. The number of thiazole rings is 1. The van der Waals surface area contributed by atoms with Gasteiger partial charge < -0.3 is 9.64 Å². The molecule has 0 atom stereocenters. The fourth-order valence-electron chi connectivity index (χ4n) is 2.78. The average molecular weight is 370 g/mol. The van der Waals surface area contributed by atoms with Gasteiger partial charge in [0.15, 0.2) is 0 Å². The lowest BCUT2D eigenvalue weighted by Gasteiger charge is -2.26. The van der Waals surface area contributed by atoms with Gasteiger partial charge in [0, 0.05) is 28.9 Å². The summed E-state index contributed by atoms with van der Waals surface area (Å²) in [6, 6.07) is 14.3. The largest absolute Gasteiger partial charge is 0.378 e. The van der Waals surface area contributed by atoms with E-state index in [0.717, 1.165) is 26.0 Å². The van der Waals surface area contributed by atoms with Gasteiger partial charge in [-0.2, -0.15) is 0 Å². The van der Waals surface area contributed by atoms with E-state index in [1.54, 1.807) is 22.7 Å². The molecule has 1 aliphatic heterocycles. The molecular formula is C19H18N2O2S2. The molecule has 6 heteroatoms. The van der Waals surface area contributed by atoms with Crippen molar-refractivity contribution in [1.29, 1.82) is 0 Å². The molecule has 128 valence electrons. The first-order valence-electron chi connectivity index (χ1n) is 8.25. The van der Waals surface area contributed by atoms with E-state index in [1.165, 1.54) is 0 Å². The standard InChI is InChI=1S/C19H18N2O2S2/c22-18(21-8-10-23-11-9-21)12-15-6-7-17(25-15)16-13-24-19(20-16)14-4-2-1-3-5-14/h1-7,13H,8-12H2. The number of morpholine rings is 1. The van der Waals surface area contributed by atoms with Crippen LogP contribution in [0.25, 0.3) is 21.1 Å². The van der Waals surface area contributed by atoms with Crippen LogP contribution in [0.5, 0.6) is 0 Å². The molecule has 4 rings (SSSR count). The van der Waals surface area contributed by atoms with Crippen LogP contribution in [0.4, 0.5) is 0 Å². The molecule has 2 aromatic heterocycles. The highest BCUT2D eigenvalue weighted by molar-refractivity contribution is 7.16. The van der Waals surface area contributed by atoms with Crippen LogP contribution in [-0.2, 0) is 16.0 Å². The number of ether oxygens (including phenoxy) is 1. The summed E-state index contributed by atoms with van der Waals surface area (Å²) in [5, 5.41) is 3.11. The molecule has 1 amide bonds. The molecule has 0 spiro atoms. The van der Waals surface area contributed by atoms with Gasteiger partial charge in [-0.3, -0.25) is 4.79 Å². The zero-order valence-corrected chi connectivity index (χ0v) is 15.3. The van der Waals surface area contributed by atoms with E-state index in [4.69, 9.17) is 9.72 Å². The van der Waals surface area contributed by atoms with Crippen LogP contribution < -0.4 is 0 Å². The van der Waals surface area contributed by atoms with E-state index < -0.39 is 0 Å². The van der Waals surface area contributed by atoms with Crippen LogP contribution in [0.2, 0.25) is 0 Å². The first kappa shape index (κ1) is 16.4. The highest BCUT2D eigenvalue weighted by atomic mass is 32.1. The van der Waals surface area contributed by atoms with Crippen molar-refractivity contribution in [1.82, 2.24) is 9.88 Å². The zero-order valence-electron chi connectivity index (χ0n) is 13.7. The van der Waals surface area contributed by atoms with Gasteiger partial charge >= 0.3 is 0 Å². The number of hydrogen-bond donors (Lipinski definition) is 0. The normalized spacial score (nSPS) is 14.6. The number of thiophene rings is 1. The monoisotopic (exact) mass is 370 g/mol. The van der Waals surface area contributed by atoms with E-state index in [1.807, 2.05) is 29.2 Å². The summed E-state index contributed by atoms with van der Waals surface area (Å²) in [4.78, 5) is 21.2. The van der Waals surface area contributed by atoms with Crippen molar-refractivity contribution in [2.24, 2.45) is 0 Å². The van der Waals surface area contributed by atoms with Crippen molar-refractivity contribution >= 4 is 28.6 Å². The first-order chi connectivity index (χ1) is 12.3. The third kappa shape index (κ3) is 3.81. The second-order valence-electron chi connectivity index (χ2n) is 5.84. The molecule has 0 unspecified atom stereocenters. The van der Waals surface area contributed by atoms with Crippen LogP contribution >= 0.6 is 22.7 Å². The van der Waals surface area contributed by atoms with E-state index in [0.29, 0.717) is 32.7 Å². The summed E-state index contributed by atoms with van der Waals surface area (Å²) in [7, 11) is 0.